The van der Waals surface area contributed by atoms with Crippen molar-refractivity contribution in [2.45, 2.75) is 62.9 Å². The van der Waals surface area contributed by atoms with Crippen LogP contribution in [0.25, 0.3) is 0 Å². The summed E-state index contributed by atoms with van der Waals surface area (Å²) in [5.74, 6) is 3.71. The second kappa shape index (κ2) is 12.2. The van der Waals surface area contributed by atoms with Crippen molar-refractivity contribution in [3.05, 3.63) is 118 Å². The van der Waals surface area contributed by atoms with Crippen molar-refractivity contribution in [1.29, 1.82) is 0 Å². The van der Waals surface area contributed by atoms with E-state index in [0.29, 0.717) is 36.4 Å². The fourth-order valence-corrected chi connectivity index (χ4v) is 10.7. The summed E-state index contributed by atoms with van der Waals surface area (Å²) in [6, 6.07) is 29.3. The summed E-state index contributed by atoms with van der Waals surface area (Å²) in [6.45, 7) is 7.91. The number of fused-ring (bicyclic) bond motifs is 6. The molecule has 0 radical (unpaired) electrons. The minimum absolute atomic E-state index is 0.0201. The molecule has 0 bridgehead atoms. The lowest BCUT2D eigenvalue weighted by molar-refractivity contribution is 0.00292. The van der Waals surface area contributed by atoms with Gasteiger partial charge in [-0.1, -0.05) is 60.7 Å². The first-order valence-electron chi connectivity index (χ1n) is 19.0. The van der Waals surface area contributed by atoms with Crippen LogP contribution in [-0.4, -0.2) is 67.7 Å². The van der Waals surface area contributed by atoms with Crippen LogP contribution >= 0.6 is 0 Å². The van der Waals surface area contributed by atoms with Crippen molar-refractivity contribution >= 4 is 17.4 Å². The number of rotatable bonds is 5. The average Bonchev–Trinajstić information content (AvgIpc) is 3.55. The molecule has 10 rings (SSSR count). The second-order valence-electron chi connectivity index (χ2n) is 16.0. The molecule has 1 N–H and O–H groups in total. The van der Waals surface area contributed by atoms with Gasteiger partial charge in [0.25, 0.3) is 5.91 Å². The van der Waals surface area contributed by atoms with Crippen molar-refractivity contribution in [3.63, 3.8) is 0 Å². The molecule has 50 heavy (non-hydrogen) atoms. The lowest BCUT2D eigenvalue weighted by Gasteiger charge is -2.54. The third-order valence-electron chi connectivity index (χ3n) is 13.2. The number of piperazine rings is 1. The summed E-state index contributed by atoms with van der Waals surface area (Å²) in [5.41, 5.74) is 9.25. The zero-order valence-electron chi connectivity index (χ0n) is 28.9. The molecule has 1 saturated carbocycles. The van der Waals surface area contributed by atoms with Gasteiger partial charge < -0.3 is 19.9 Å². The molecule has 3 atom stereocenters. The molecule has 1 aromatic heterocycles. The SMILES string of the molecule is O=C1NCc2c1ccc1c2OCC2CN(CC3CC4(CCN(c5ccc(C6c7ccccc7CCC6c6ccccc6)cn5)CC4)C3)CCN12. The third kappa shape index (κ3) is 5.19. The third-order valence-corrected chi connectivity index (χ3v) is 13.2. The molecule has 7 heteroatoms. The second-order valence-corrected chi connectivity index (χ2v) is 16.0. The maximum absolute atomic E-state index is 12.2. The Balaban J connectivity index is 0.747. The van der Waals surface area contributed by atoms with Gasteiger partial charge in [0.2, 0.25) is 0 Å². The van der Waals surface area contributed by atoms with Crippen molar-refractivity contribution < 1.29 is 9.53 Å². The number of piperidine rings is 1. The molecular formula is C43H47N5O2. The topological polar surface area (TPSA) is 60.9 Å². The van der Waals surface area contributed by atoms with Crippen LogP contribution in [0, 0.1) is 11.3 Å². The van der Waals surface area contributed by atoms with Gasteiger partial charge in [-0.15, -0.1) is 0 Å². The fourth-order valence-electron chi connectivity index (χ4n) is 10.7. The Hall–Kier alpha value is -4.36. The molecule has 256 valence electrons. The molecule has 6 aliphatic rings. The number of nitrogens with one attached hydrogen (secondary N) is 1. The summed E-state index contributed by atoms with van der Waals surface area (Å²) in [7, 11) is 0. The van der Waals surface area contributed by atoms with Crippen LogP contribution in [0.1, 0.15) is 82.1 Å². The maximum Gasteiger partial charge on any atom is 0.252 e. The van der Waals surface area contributed by atoms with Crippen LogP contribution in [-0.2, 0) is 13.0 Å². The first kappa shape index (κ1) is 30.5. The number of carbonyl (C=O) groups is 1. The molecule has 4 aliphatic heterocycles. The zero-order valence-corrected chi connectivity index (χ0v) is 28.9. The van der Waals surface area contributed by atoms with Gasteiger partial charge in [-0.3, -0.25) is 9.69 Å². The van der Waals surface area contributed by atoms with Gasteiger partial charge in [0.1, 0.15) is 18.2 Å². The van der Waals surface area contributed by atoms with Gasteiger partial charge in [-0.2, -0.15) is 0 Å². The highest BCUT2D eigenvalue weighted by Gasteiger charge is 2.47. The minimum Gasteiger partial charge on any atom is -0.489 e. The van der Waals surface area contributed by atoms with Crippen LogP contribution < -0.4 is 19.9 Å². The number of benzene rings is 3. The molecule has 2 saturated heterocycles. The molecule has 1 amide bonds. The molecule has 7 nitrogen and oxygen atoms in total. The Morgan fingerprint density at radius 2 is 1.72 bits per heavy atom. The van der Waals surface area contributed by atoms with Gasteiger partial charge in [-0.05, 0) is 96.2 Å². The van der Waals surface area contributed by atoms with E-state index < -0.39 is 0 Å². The standard InChI is InChI=1S/C43H47N5O2/c49-42-36-13-14-38-41(37(36)25-45-42)50-28-33-27-46(20-21-48(33)38)26-29-22-43(23-29)16-18-47(19-17-43)39-15-11-32(24-44-39)40-34-9-5-4-8-31(34)10-12-35(40)30-6-2-1-3-7-30/h1-9,11,13-15,24,29,33,35,40H,10,12,16-23,25-28H2,(H,45,49). The van der Waals surface area contributed by atoms with Crippen LogP contribution in [0.15, 0.2) is 85.1 Å². The average molecular weight is 666 g/mol. The van der Waals surface area contributed by atoms with Crippen molar-refractivity contribution in [2.75, 3.05) is 55.7 Å². The largest absolute Gasteiger partial charge is 0.489 e. The lowest BCUT2D eigenvalue weighted by Crippen LogP contribution is -2.59. The van der Waals surface area contributed by atoms with Crippen molar-refractivity contribution in [1.82, 2.24) is 15.2 Å². The van der Waals surface area contributed by atoms with E-state index in [9.17, 15) is 4.79 Å². The van der Waals surface area contributed by atoms with E-state index in [1.54, 1.807) is 0 Å². The smallest absolute Gasteiger partial charge is 0.252 e. The molecular weight excluding hydrogens is 619 g/mol. The Morgan fingerprint density at radius 3 is 2.56 bits per heavy atom. The monoisotopic (exact) mass is 665 g/mol. The highest BCUT2D eigenvalue weighted by atomic mass is 16.5. The Kier molecular flexibility index (Phi) is 7.40. The molecule has 4 aromatic rings. The van der Waals surface area contributed by atoms with Crippen LogP contribution in [0.3, 0.4) is 0 Å². The van der Waals surface area contributed by atoms with E-state index in [1.165, 1.54) is 66.6 Å². The first-order valence-corrected chi connectivity index (χ1v) is 19.0. The number of aryl methyl sites for hydroxylation is 1. The highest BCUT2D eigenvalue weighted by Crippen LogP contribution is 2.53. The highest BCUT2D eigenvalue weighted by molar-refractivity contribution is 6.00. The van der Waals surface area contributed by atoms with Crippen molar-refractivity contribution in [3.8, 4) is 5.75 Å². The number of anilines is 2. The summed E-state index contributed by atoms with van der Waals surface area (Å²) in [6.07, 6.45) is 9.79. The minimum atomic E-state index is 0.0201. The molecule has 3 unspecified atom stereocenters. The summed E-state index contributed by atoms with van der Waals surface area (Å²) >= 11 is 0. The lowest BCUT2D eigenvalue weighted by atomic mass is 9.57. The Morgan fingerprint density at radius 1 is 0.880 bits per heavy atom. The summed E-state index contributed by atoms with van der Waals surface area (Å²) in [5, 5.41) is 2.95. The van der Waals surface area contributed by atoms with Gasteiger partial charge in [0.05, 0.1) is 11.7 Å². The number of hydrogen-bond acceptors (Lipinski definition) is 6. The van der Waals surface area contributed by atoms with E-state index in [0.717, 1.165) is 67.8 Å². The number of aromatic nitrogens is 1. The number of ether oxygens (including phenoxy) is 1. The first-order chi connectivity index (χ1) is 24.6. The van der Waals surface area contributed by atoms with E-state index in [2.05, 4.69) is 99.0 Å². The number of amides is 1. The molecule has 2 aliphatic carbocycles. The Bertz CT molecular complexity index is 1890. The van der Waals surface area contributed by atoms with Gasteiger partial charge in [0, 0.05) is 69.1 Å². The number of pyridine rings is 1. The van der Waals surface area contributed by atoms with E-state index in [4.69, 9.17) is 9.72 Å². The maximum atomic E-state index is 12.2. The van der Waals surface area contributed by atoms with E-state index >= 15 is 0 Å². The predicted molar refractivity (Wildman–Crippen MR) is 197 cm³/mol. The van der Waals surface area contributed by atoms with Crippen LogP contribution in [0.2, 0.25) is 0 Å². The van der Waals surface area contributed by atoms with Gasteiger partial charge >= 0.3 is 0 Å². The van der Waals surface area contributed by atoms with Crippen molar-refractivity contribution in [2.24, 2.45) is 11.3 Å². The predicted octanol–water partition coefficient (Wildman–Crippen LogP) is 6.77. The quantitative estimate of drug-likeness (QED) is 0.254. The molecule has 3 fully saturated rings. The number of nitrogens with zero attached hydrogens (tertiary/aromatic N) is 4. The summed E-state index contributed by atoms with van der Waals surface area (Å²) in [4.78, 5) is 25.0. The van der Waals surface area contributed by atoms with E-state index in [1.807, 2.05) is 6.07 Å². The fraction of sp³-hybridized carbons (Fsp3) is 0.442. The van der Waals surface area contributed by atoms with E-state index in [-0.39, 0.29) is 5.91 Å². The normalized spacial score (nSPS) is 25.5. The summed E-state index contributed by atoms with van der Waals surface area (Å²) < 4.78 is 6.32. The molecule has 5 heterocycles. The van der Waals surface area contributed by atoms with Crippen LogP contribution in [0.5, 0.6) is 5.75 Å². The van der Waals surface area contributed by atoms with Gasteiger partial charge in [0.15, 0.2) is 0 Å². The van der Waals surface area contributed by atoms with Gasteiger partial charge in [-0.25, -0.2) is 4.98 Å². The zero-order chi connectivity index (χ0) is 33.2. The number of carbonyl (C=O) groups excluding carboxylic acids is 1. The number of hydrogen-bond donors (Lipinski definition) is 1. The van der Waals surface area contributed by atoms with Crippen LogP contribution in [0.4, 0.5) is 11.5 Å². The molecule has 3 aromatic carbocycles. The Labute approximate surface area is 295 Å². The molecule has 1 spiro atoms.